The summed E-state index contributed by atoms with van der Waals surface area (Å²) < 4.78 is 10.1. The van der Waals surface area contributed by atoms with Crippen LogP contribution in [0, 0.1) is 6.92 Å². The van der Waals surface area contributed by atoms with Crippen molar-refractivity contribution in [1.82, 2.24) is 20.2 Å². The molecule has 0 saturated carbocycles. The molecule has 3 heterocycles. The number of aryl methyl sites for hydroxylation is 1. The molecule has 0 unspecified atom stereocenters. The lowest BCUT2D eigenvalue weighted by molar-refractivity contribution is -0.142. The molecule has 2 aromatic rings. The summed E-state index contributed by atoms with van der Waals surface area (Å²) in [6.45, 7) is 6.22. The molecule has 2 N–H and O–H groups in total. The Labute approximate surface area is 181 Å². The third-order valence-corrected chi connectivity index (χ3v) is 6.08. The van der Waals surface area contributed by atoms with Gasteiger partial charge in [-0.25, -0.2) is 14.8 Å². The minimum absolute atomic E-state index is 0.0994. The second-order valence-electron chi connectivity index (χ2n) is 6.31. The van der Waals surface area contributed by atoms with Gasteiger partial charge in [0.05, 0.1) is 42.5 Å². The summed E-state index contributed by atoms with van der Waals surface area (Å²) in [6.07, 6.45) is 0.0994. The van der Waals surface area contributed by atoms with Crippen LogP contribution in [0.25, 0.3) is 10.6 Å². The Morgan fingerprint density at radius 1 is 1.27 bits per heavy atom. The van der Waals surface area contributed by atoms with Crippen molar-refractivity contribution in [2.24, 2.45) is 0 Å². The number of rotatable bonds is 7. The summed E-state index contributed by atoms with van der Waals surface area (Å²) in [5.74, 6) is -0.466. The molecular weight excluding hydrogens is 430 g/mol. The topological polar surface area (TPSA) is 123 Å². The number of ether oxygens (including phenoxy) is 2. The van der Waals surface area contributed by atoms with Crippen molar-refractivity contribution >= 4 is 45.7 Å². The van der Waals surface area contributed by atoms with E-state index < -0.39 is 6.03 Å². The Morgan fingerprint density at radius 3 is 2.77 bits per heavy atom. The quantitative estimate of drug-likeness (QED) is 0.616. The van der Waals surface area contributed by atoms with E-state index in [1.165, 1.54) is 22.7 Å². The van der Waals surface area contributed by atoms with Crippen LogP contribution in [0.15, 0.2) is 5.38 Å². The smallest absolute Gasteiger partial charge is 0.321 e. The van der Waals surface area contributed by atoms with Crippen LogP contribution in [-0.2, 0) is 14.3 Å². The summed E-state index contributed by atoms with van der Waals surface area (Å²) in [4.78, 5) is 47.2. The number of amides is 3. The average molecular weight is 454 g/mol. The van der Waals surface area contributed by atoms with Gasteiger partial charge >= 0.3 is 12.0 Å². The minimum atomic E-state index is -0.457. The lowest BCUT2D eigenvalue weighted by Gasteiger charge is -2.25. The van der Waals surface area contributed by atoms with Crippen LogP contribution in [0.5, 0.6) is 0 Å². The van der Waals surface area contributed by atoms with E-state index in [-0.39, 0.29) is 24.8 Å². The van der Waals surface area contributed by atoms with E-state index in [1.807, 2.05) is 12.3 Å². The zero-order valence-corrected chi connectivity index (χ0v) is 18.4. The Hall–Kier alpha value is -2.57. The van der Waals surface area contributed by atoms with Crippen molar-refractivity contribution in [1.29, 1.82) is 0 Å². The lowest BCUT2D eigenvalue weighted by Crippen LogP contribution is -2.40. The highest BCUT2D eigenvalue weighted by Gasteiger charge is 2.23. The number of nitrogens with zero attached hydrogens (tertiary/aromatic N) is 3. The number of urea groups is 1. The van der Waals surface area contributed by atoms with Gasteiger partial charge in [-0.05, 0) is 13.8 Å². The molecule has 1 fully saturated rings. The van der Waals surface area contributed by atoms with E-state index >= 15 is 0 Å². The Balaban J connectivity index is 1.58. The highest BCUT2D eigenvalue weighted by atomic mass is 32.1. The molecule has 0 aliphatic carbocycles. The molecule has 0 spiro atoms. The van der Waals surface area contributed by atoms with E-state index in [2.05, 4.69) is 20.6 Å². The summed E-state index contributed by atoms with van der Waals surface area (Å²) >= 11 is 2.56. The molecular formula is C18H23N5O5S2. The van der Waals surface area contributed by atoms with E-state index in [9.17, 15) is 14.4 Å². The van der Waals surface area contributed by atoms with Crippen molar-refractivity contribution in [3.05, 3.63) is 16.1 Å². The predicted octanol–water partition coefficient (Wildman–Crippen LogP) is 2.12. The summed E-state index contributed by atoms with van der Waals surface area (Å²) in [5, 5.41) is 7.88. The van der Waals surface area contributed by atoms with E-state index in [1.54, 1.807) is 11.8 Å². The Kier molecular flexibility index (Phi) is 7.71. The highest BCUT2D eigenvalue weighted by molar-refractivity contribution is 7.19. The number of carbonyl (C=O) groups excluding carboxylic acids is 3. The fourth-order valence-corrected chi connectivity index (χ4v) is 4.49. The van der Waals surface area contributed by atoms with Crippen LogP contribution in [0.2, 0.25) is 0 Å². The highest BCUT2D eigenvalue weighted by Crippen LogP contribution is 2.33. The molecule has 0 bridgehead atoms. The number of hydrogen-bond acceptors (Lipinski definition) is 9. The third-order valence-electron chi connectivity index (χ3n) is 4.16. The van der Waals surface area contributed by atoms with Crippen LogP contribution < -0.4 is 10.6 Å². The summed E-state index contributed by atoms with van der Waals surface area (Å²) in [5.41, 5.74) is 1.36. The molecule has 2 aromatic heterocycles. The first-order valence-corrected chi connectivity index (χ1v) is 11.2. The lowest BCUT2D eigenvalue weighted by atomic mass is 10.3. The maximum absolute atomic E-state index is 12.6. The minimum Gasteiger partial charge on any atom is -0.466 e. The fourth-order valence-electron chi connectivity index (χ4n) is 2.72. The van der Waals surface area contributed by atoms with Crippen molar-refractivity contribution in [3.63, 3.8) is 0 Å². The standard InChI is InChI=1S/C18H23N5O5S2/c1-3-28-13(24)4-5-19-17(26)22-18-20-11(2)14(30-18)12-10-29-15(21-12)16(25)23-6-8-27-9-7-23/h10H,3-9H2,1-2H3,(H2,19,20,22,26). The molecule has 162 valence electrons. The molecule has 0 aromatic carbocycles. The maximum atomic E-state index is 12.6. The average Bonchev–Trinajstić information content (AvgIpc) is 3.35. The third kappa shape index (κ3) is 5.74. The number of nitrogens with one attached hydrogen (secondary N) is 2. The molecule has 1 aliphatic rings. The van der Waals surface area contributed by atoms with Crippen LogP contribution in [-0.4, -0.2) is 72.2 Å². The molecule has 3 amide bonds. The molecule has 12 heteroatoms. The normalized spacial score (nSPS) is 13.7. The van der Waals surface area contributed by atoms with Crippen LogP contribution in [0.4, 0.5) is 9.93 Å². The van der Waals surface area contributed by atoms with Gasteiger partial charge < -0.3 is 19.7 Å². The van der Waals surface area contributed by atoms with Crippen LogP contribution in [0.3, 0.4) is 0 Å². The van der Waals surface area contributed by atoms with Gasteiger partial charge in [0.2, 0.25) is 0 Å². The SMILES string of the molecule is CCOC(=O)CCNC(=O)Nc1nc(C)c(-c2csc(C(=O)N3CCOCC3)n2)s1. The molecule has 3 rings (SSSR count). The Bertz CT molecular complexity index is 907. The number of morpholine rings is 1. The zero-order valence-electron chi connectivity index (χ0n) is 16.7. The molecule has 10 nitrogen and oxygen atoms in total. The second kappa shape index (κ2) is 10.5. The molecule has 1 saturated heterocycles. The summed E-state index contributed by atoms with van der Waals surface area (Å²) in [7, 11) is 0. The van der Waals surface area contributed by atoms with Crippen molar-refractivity contribution < 1.29 is 23.9 Å². The van der Waals surface area contributed by atoms with Gasteiger partial charge in [-0.3, -0.25) is 14.9 Å². The van der Waals surface area contributed by atoms with Gasteiger partial charge in [-0.2, -0.15) is 0 Å². The van der Waals surface area contributed by atoms with Crippen molar-refractivity contribution in [2.45, 2.75) is 20.3 Å². The first kappa shape index (κ1) is 22.1. The first-order valence-electron chi connectivity index (χ1n) is 9.48. The van der Waals surface area contributed by atoms with E-state index in [0.29, 0.717) is 54.4 Å². The van der Waals surface area contributed by atoms with E-state index in [0.717, 1.165) is 4.88 Å². The number of carbonyl (C=O) groups is 3. The zero-order chi connectivity index (χ0) is 21.5. The van der Waals surface area contributed by atoms with Crippen LogP contribution >= 0.6 is 22.7 Å². The van der Waals surface area contributed by atoms with Gasteiger partial charge in [0, 0.05) is 25.0 Å². The van der Waals surface area contributed by atoms with Crippen LogP contribution in [0.1, 0.15) is 28.8 Å². The van der Waals surface area contributed by atoms with Gasteiger partial charge in [-0.1, -0.05) is 11.3 Å². The van der Waals surface area contributed by atoms with E-state index in [4.69, 9.17) is 9.47 Å². The largest absolute Gasteiger partial charge is 0.466 e. The number of hydrogen-bond donors (Lipinski definition) is 2. The summed E-state index contributed by atoms with van der Waals surface area (Å²) in [6, 6.07) is -0.457. The predicted molar refractivity (Wildman–Crippen MR) is 113 cm³/mol. The molecule has 0 radical (unpaired) electrons. The van der Waals surface area contributed by atoms with Crippen molar-refractivity contribution in [2.75, 3.05) is 44.8 Å². The number of esters is 1. The van der Waals surface area contributed by atoms with Gasteiger partial charge in [0.25, 0.3) is 5.91 Å². The second-order valence-corrected chi connectivity index (χ2v) is 8.17. The number of thiazole rings is 2. The number of aromatic nitrogens is 2. The monoisotopic (exact) mass is 453 g/mol. The number of anilines is 1. The van der Waals surface area contributed by atoms with Gasteiger partial charge in [0.1, 0.15) is 0 Å². The van der Waals surface area contributed by atoms with Crippen molar-refractivity contribution in [3.8, 4) is 10.6 Å². The van der Waals surface area contributed by atoms with Gasteiger partial charge in [-0.15, -0.1) is 11.3 Å². The first-order chi connectivity index (χ1) is 14.5. The maximum Gasteiger partial charge on any atom is 0.321 e. The van der Waals surface area contributed by atoms with Gasteiger partial charge in [0.15, 0.2) is 10.1 Å². The molecule has 1 aliphatic heterocycles. The molecule has 30 heavy (non-hydrogen) atoms. The molecule has 0 atom stereocenters. The fraction of sp³-hybridized carbons (Fsp3) is 0.500. The Morgan fingerprint density at radius 2 is 2.03 bits per heavy atom.